The van der Waals surface area contributed by atoms with Gasteiger partial charge in [0.25, 0.3) is 0 Å². The highest BCUT2D eigenvalue weighted by atomic mass is 16.5. The van der Waals surface area contributed by atoms with Crippen molar-refractivity contribution in [3.63, 3.8) is 0 Å². The molecule has 3 aliphatic rings. The molecule has 9 heteroatoms. The van der Waals surface area contributed by atoms with Gasteiger partial charge >= 0.3 is 6.03 Å². The van der Waals surface area contributed by atoms with Gasteiger partial charge in [0.15, 0.2) is 0 Å². The maximum Gasteiger partial charge on any atom is 0.323 e. The second-order valence-corrected chi connectivity index (χ2v) is 8.10. The number of rotatable bonds is 5. The third kappa shape index (κ3) is 3.60. The van der Waals surface area contributed by atoms with Crippen LogP contribution in [0.2, 0.25) is 0 Å². The minimum absolute atomic E-state index is 0.0799. The molecule has 1 saturated heterocycles. The highest BCUT2D eigenvalue weighted by molar-refractivity contribution is 5.94. The summed E-state index contributed by atoms with van der Waals surface area (Å²) in [6.45, 7) is 4.56. The quantitative estimate of drug-likeness (QED) is 0.783. The van der Waals surface area contributed by atoms with Gasteiger partial charge in [-0.1, -0.05) is 0 Å². The van der Waals surface area contributed by atoms with E-state index in [0.29, 0.717) is 18.3 Å². The van der Waals surface area contributed by atoms with Crippen LogP contribution in [0.3, 0.4) is 0 Å². The van der Waals surface area contributed by atoms with Crippen LogP contribution < -0.4 is 25.2 Å². The van der Waals surface area contributed by atoms with Crippen molar-refractivity contribution in [2.75, 3.05) is 55.5 Å². The van der Waals surface area contributed by atoms with E-state index in [-0.39, 0.29) is 12.1 Å². The van der Waals surface area contributed by atoms with Gasteiger partial charge in [-0.25, -0.2) is 9.78 Å². The SMILES string of the molecule is COc1cc(N2CCN(C)CC2)ccc1Nc1ncc2c(n1)N(C1CC1)C(=O)NC2. The van der Waals surface area contributed by atoms with Crippen molar-refractivity contribution < 1.29 is 9.53 Å². The zero-order valence-electron chi connectivity index (χ0n) is 17.4. The zero-order valence-corrected chi connectivity index (χ0v) is 17.4. The largest absolute Gasteiger partial charge is 0.494 e. The summed E-state index contributed by atoms with van der Waals surface area (Å²) in [6, 6.07) is 6.31. The van der Waals surface area contributed by atoms with Crippen LogP contribution in [-0.2, 0) is 6.54 Å². The minimum atomic E-state index is -0.0799. The number of fused-ring (bicyclic) bond motifs is 1. The number of methoxy groups -OCH3 is 1. The van der Waals surface area contributed by atoms with E-state index in [1.54, 1.807) is 18.2 Å². The summed E-state index contributed by atoms with van der Waals surface area (Å²) >= 11 is 0. The number of urea groups is 1. The first kappa shape index (κ1) is 18.9. The number of carbonyl (C=O) groups is 1. The smallest absolute Gasteiger partial charge is 0.323 e. The molecule has 3 heterocycles. The lowest BCUT2D eigenvalue weighted by Crippen LogP contribution is -2.46. The lowest BCUT2D eigenvalue weighted by atomic mass is 10.2. The van der Waals surface area contributed by atoms with Gasteiger partial charge in [-0.15, -0.1) is 0 Å². The number of carbonyl (C=O) groups excluding carboxylic acids is 1. The van der Waals surface area contributed by atoms with Crippen LogP contribution >= 0.6 is 0 Å². The number of ether oxygens (including phenoxy) is 1. The second-order valence-electron chi connectivity index (χ2n) is 8.10. The summed E-state index contributed by atoms with van der Waals surface area (Å²) in [5.41, 5.74) is 2.88. The summed E-state index contributed by atoms with van der Waals surface area (Å²) < 4.78 is 5.64. The number of nitrogens with zero attached hydrogens (tertiary/aromatic N) is 5. The predicted octanol–water partition coefficient (Wildman–Crippen LogP) is 2.17. The van der Waals surface area contributed by atoms with Gasteiger partial charge < -0.3 is 25.2 Å². The number of likely N-dealkylation sites (N-methyl/N-ethyl adjacent to an activating group) is 1. The van der Waals surface area contributed by atoms with Gasteiger partial charge in [0.1, 0.15) is 11.6 Å². The number of piperazine rings is 1. The van der Waals surface area contributed by atoms with Gasteiger partial charge in [0, 0.05) is 62.3 Å². The Labute approximate surface area is 176 Å². The van der Waals surface area contributed by atoms with E-state index in [4.69, 9.17) is 4.74 Å². The first-order chi connectivity index (χ1) is 14.6. The van der Waals surface area contributed by atoms with E-state index < -0.39 is 0 Å². The maximum absolute atomic E-state index is 12.3. The molecule has 2 aliphatic heterocycles. The van der Waals surface area contributed by atoms with Crippen molar-refractivity contribution in [1.29, 1.82) is 0 Å². The fourth-order valence-electron chi connectivity index (χ4n) is 3.98. The molecule has 1 aliphatic carbocycles. The molecule has 0 bridgehead atoms. The molecule has 2 N–H and O–H groups in total. The molecule has 1 saturated carbocycles. The third-order valence-electron chi connectivity index (χ3n) is 5.93. The number of anilines is 4. The summed E-state index contributed by atoms with van der Waals surface area (Å²) in [5, 5.41) is 6.17. The monoisotopic (exact) mass is 409 g/mol. The molecular weight excluding hydrogens is 382 g/mol. The average molecular weight is 409 g/mol. The molecule has 0 atom stereocenters. The standard InChI is InChI=1S/C21H27N7O2/c1-26-7-9-27(10-8-26)16-5-6-17(18(11-16)30-2)24-20-22-12-14-13-23-21(29)28(15-3-4-15)19(14)25-20/h5-6,11-12,15H,3-4,7-10,13H2,1-2H3,(H,23,29)(H,22,24,25). The summed E-state index contributed by atoms with van der Waals surface area (Å²) in [5.74, 6) is 1.90. The second kappa shape index (κ2) is 7.64. The molecule has 0 unspecified atom stereocenters. The summed E-state index contributed by atoms with van der Waals surface area (Å²) in [4.78, 5) is 27.9. The van der Waals surface area contributed by atoms with Crippen molar-refractivity contribution in [3.05, 3.63) is 30.0 Å². The van der Waals surface area contributed by atoms with E-state index in [0.717, 1.165) is 61.7 Å². The van der Waals surface area contributed by atoms with Crippen LogP contribution in [0.15, 0.2) is 24.4 Å². The van der Waals surface area contributed by atoms with Gasteiger partial charge in [0.2, 0.25) is 5.95 Å². The number of aromatic nitrogens is 2. The van der Waals surface area contributed by atoms with Gasteiger partial charge in [-0.05, 0) is 32.0 Å². The van der Waals surface area contributed by atoms with Crippen LogP contribution in [0.5, 0.6) is 5.75 Å². The first-order valence-electron chi connectivity index (χ1n) is 10.4. The molecule has 0 radical (unpaired) electrons. The summed E-state index contributed by atoms with van der Waals surface area (Å²) in [6.07, 6.45) is 3.81. The number of amides is 2. The van der Waals surface area contributed by atoms with E-state index in [1.165, 1.54) is 0 Å². The van der Waals surface area contributed by atoms with Crippen LogP contribution in [0, 0.1) is 0 Å². The molecule has 5 rings (SSSR count). The average Bonchev–Trinajstić information content (AvgIpc) is 3.59. The maximum atomic E-state index is 12.3. The number of hydrogen-bond donors (Lipinski definition) is 2. The van der Waals surface area contributed by atoms with E-state index in [9.17, 15) is 4.79 Å². The van der Waals surface area contributed by atoms with Crippen molar-refractivity contribution in [2.45, 2.75) is 25.4 Å². The molecule has 2 amide bonds. The highest BCUT2D eigenvalue weighted by Gasteiger charge is 2.38. The minimum Gasteiger partial charge on any atom is -0.494 e. The Morgan fingerprint density at radius 2 is 2.00 bits per heavy atom. The van der Waals surface area contributed by atoms with Crippen LogP contribution in [0.1, 0.15) is 18.4 Å². The number of hydrogen-bond acceptors (Lipinski definition) is 7. The molecule has 1 aromatic heterocycles. The Balaban J connectivity index is 1.38. The molecule has 2 aromatic rings. The molecule has 158 valence electrons. The first-order valence-corrected chi connectivity index (χ1v) is 10.4. The van der Waals surface area contributed by atoms with E-state index in [2.05, 4.69) is 49.6 Å². The van der Waals surface area contributed by atoms with Gasteiger partial charge in [-0.3, -0.25) is 4.90 Å². The van der Waals surface area contributed by atoms with E-state index in [1.807, 2.05) is 6.07 Å². The Morgan fingerprint density at radius 1 is 1.20 bits per heavy atom. The molecule has 30 heavy (non-hydrogen) atoms. The van der Waals surface area contributed by atoms with Crippen LogP contribution in [-0.4, -0.2) is 67.3 Å². The lowest BCUT2D eigenvalue weighted by molar-refractivity contribution is 0.244. The fourth-order valence-corrected chi connectivity index (χ4v) is 3.98. The molecule has 2 fully saturated rings. The Bertz CT molecular complexity index is 954. The van der Waals surface area contributed by atoms with E-state index >= 15 is 0 Å². The van der Waals surface area contributed by atoms with Crippen molar-refractivity contribution in [1.82, 2.24) is 20.2 Å². The molecule has 0 spiro atoms. The van der Waals surface area contributed by atoms with Crippen LogP contribution in [0.4, 0.5) is 27.9 Å². The topological polar surface area (TPSA) is 85.9 Å². The predicted molar refractivity (Wildman–Crippen MR) is 116 cm³/mol. The van der Waals surface area contributed by atoms with Gasteiger partial charge in [-0.2, -0.15) is 4.98 Å². The van der Waals surface area contributed by atoms with Crippen molar-refractivity contribution in [3.8, 4) is 5.75 Å². The van der Waals surface area contributed by atoms with Gasteiger partial charge in [0.05, 0.1) is 12.8 Å². The zero-order chi connectivity index (χ0) is 20.7. The summed E-state index contributed by atoms with van der Waals surface area (Å²) in [7, 11) is 3.82. The normalized spacial score (nSPS) is 19.3. The Hall–Kier alpha value is -3.07. The number of nitrogens with one attached hydrogen (secondary N) is 2. The van der Waals surface area contributed by atoms with Crippen molar-refractivity contribution in [2.24, 2.45) is 0 Å². The molecule has 1 aromatic carbocycles. The molecule has 9 nitrogen and oxygen atoms in total. The fraction of sp³-hybridized carbons (Fsp3) is 0.476. The number of benzene rings is 1. The molecular formula is C21H27N7O2. The van der Waals surface area contributed by atoms with Crippen LogP contribution in [0.25, 0.3) is 0 Å². The lowest BCUT2D eigenvalue weighted by Gasteiger charge is -2.34. The Morgan fingerprint density at radius 3 is 2.73 bits per heavy atom. The van der Waals surface area contributed by atoms with Crippen molar-refractivity contribution >= 4 is 29.2 Å². The highest BCUT2D eigenvalue weighted by Crippen LogP contribution is 2.36. The Kier molecular flexibility index (Phi) is 4.82. The third-order valence-corrected chi connectivity index (χ3v) is 5.93.